The van der Waals surface area contributed by atoms with Gasteiger partial charge in [0.2, 0.25) is 0 Å². The Kier molecular flexibility index (Phi) is 7.38. The van der Waals surface area contributed by atoms with Crippen molar-refractivity contribution in [1.29, 1.82) is 0 Å². The molecule has 2 heterocycles. The van der Waals surface area contributed by atoms with E-state index in [0.717, 1.165) is 48.4 Å². The first kappa shape index (κ1) is 23.5. The van der Waals surface area contributed by atoms with Gasteiger partial charge >= 0.3 is 0 Å². The zero-order chi connectivity index (χ0) is 24.0. The van der Waals surface area contributed by atoms with Gasteiger partial charge in [-0.05, 0) is 47.9 Å². The molecule has 1 N–H and O–H groups in total. The third-order valence-corrected chi connectivity index (χ3v) is 6.73. The number of piperazine rings is 1. The van der Waals surface area contributed by atoms with E-state index in [1.807, 2.05) is 25.1 Å². The first-order chi connectivity index (χ1) is 17.2. The van der Waals surface area contributed by atoms with E-state index < -0.39 is 6.10 Å². The fourth-order valence-electron chi connectivity index (χ4n) is 5.03. The standard InChI is InChI=1S/C30H33N3O2/c1-23-19-28-27(13-8-14-31-28)29(20-23)35-22-26(34)21-32-15-17-33(18-16-32)30(24-9-4-2-5-10-24)25-11-6-3-7-12-25/h2-14,19-20,26,30,34H,15-18,21-22H2,1H3. The first-order valence-corrected chi connectivity index (χ1v) is 12.4. The van der Waals surface area contributed by atoms with Crippen LogP contribution in [-0.2, 0) is 0 Å². The Morgan fingerprint density at radius 2 is 1.51 bits per heavy atom. The lowest BCUT2D eigenvalue weighted by molar-refractivity contribution is 0.0404. The SMILES string of the molecule is Cc1cc(OCC(O)CN2CCN(C(c3ccccc3)c3ccccc3)CC2)c2cccnc2c1. The largest absolute Gasteiger partial charge is 0.490 e. The summed E-state index contributed by atoms with van der Waals surface area (Å²) in [5.74, 6) is 0.783. The van der Waals surface area contributed by atoms with Gasteiger partial charge < -0.3 is 9.84 Å². The van der Waals surface area contributed by atoms with Crippen molar-refractivity contribution in [1.82, 2.24) is 14.8 Å². The van der Waals surface area contributed by atoms with Crippen molar-refractivity contribution in [2.24, 2.45) is 0 Å². The molecule has 4 aromatic rings. The van der Waals surface area contributed by atoms with Crippen LogP contribution in [0.2, 0.25) is 0 Å². The highest BCUT2D eigenvalue weighted by Crippen LogP contribution is 2.30. The Labute approximate surface area is 207 Å². The Morgan fingerprint density at radius 1 is 0.857 bits per heavy atom. The zero-order valence-electron chi connectivity index (χ0n) is 20.3. The summed E-state index contributed by atoms with van der Waals surface area (Å²) in [6.45, 7) is 6.66. The molecule has 5 heteroatoms. The quantitative estimate of drug-likeness (QED) is 0.407. The van der Waals surface area contributed by atoms with Crippen molar-refractivity contribution in [2.45, 2.75) is 19.1 Å². The van der Waals surface area contributed by atoms with Crippen LogP contribution in [0, 0.1) is 6.92 Å². The lowest BCUT2D eigenvalue weighted by Crippen LogP contribution is -2.50. The molecule has 0 saturated carbocycles. The molecule has 0 spiro atoms. The van der Waals surface area contributed by atoms with Crippen molar-refractivity contribution in [3.05, 3.63) is 108 Å². The van der Waals surface area contributed by atoms with Gasteiger partial charge in [-0.3, -0.25) is 14.8 Å². The van der Waals surface area contributed by atoms with Crippen LogP contribution in [0.5, 0.6) is 5.75 Å². The molecule has 0 bridgehead atoms. The lowest BCUT2D eigenvalue weighted by Gasteiger charge is -2.40. The molecule has 5 rings (SSSR count). The summed E-state index contributed by atoms with van der Waals surface area (Å²) in [5.41, 5.74) is 4.66. The number of hydrogen-bond acceptors (Lipinski definition) is 5. The number of fused-ring (bicyclic) bond motifs is 1. The maximum Gasteiger partial charge on any atom is 0.129 e. The number of rotatable bonds is 8. The van der Waals surface area contributed by atoms with Crippen LogP contribution in [0.3, 0.4) is 0 Å². The topological polar surface area (TPSA) is 48.8 Å². The zero-order valence-corrected chi connectivity index (χ0v) is 20.3. The van der Waals surface area contributed by atoms with Gasteiger partial charge in [0, 0.05) is 44.3 Å². The summed E-state index contributed by atoms with van der Waals surface area (Å²) < 4.78 is 6.05. The van der Waals surface area contributed by atoms with E-state index in [9.17, 15) is 5.11 Å². The Balaban J connectivity index is 1.18. The monoisotopic (exact) mass is 467 g/mol. The van der Waals surface area contributed by atoms with Gasteiger partial charge in [0.05, 0.1) is 11.6 Å². The normalized spacial score (nSPS) is 16.0. The molecule has 180 valence electrons. The Hall–Kier alpha value is -3.25. The molecular formula is C30H33N3O2. The molecule has 1 aliphatic heterocycles. The average Bonchev–Trinajstić information content (AvgIpc) is 2.90. The van der Waals surface area contributed by atoms with Gasteiger partial charge in [0.25, 0.3) is 0 Å². The maximum absolute atomic E-state index is 10.7. The van der Waals surface area contributed by atoms with Crippen molar-refractivity contribution < 1.29 is 9.84 Å². The van der Waals surface area contributed by atoms with Crippen LogP contribution in [-0.4, -0.2) is 65.3 Å². The van der Waals surface area contributed by atoms with Crippen molar-refractivity contribution in [2.75, 3.05) is 39.3 Å². The van der Waals surface area contributed by atoms with Crippen LogP contribution < -0.4 is 4.74 Å². The van der Waals surface area contributed by atoms with Crippen LogP contribution in [0.25, 0.3) is 10.9 Å². The first-order valence-electron chi connectivity index (χ1n) is 12.4. The molecular weight excluding hydrogens is 434 g/mol. The van der Waals surface area contributed by atoms with E-state index in [1.165, 1.54) is 11.1 Å². The molecule has 0 aliphatic carbocycles. The number of β-amino-alcohol motifs (C(OH)–C–C–N with tert-alkyl or cyclic N) is 1. The van der Waals surface area contributed by atoms with Crippen LogP contribution in [0.4, 0.5) is 0 Å². The number of ether oxygens (including phenoxy) is 1. The van der Waals surface area contributed by atoms with Crippen LogP contribution in [0.15, 0.2) is 91.1 Å². The molecule has 5 nitrogen and oxygen atoms in total. The number of aliphatic hydroxyl groups excluding tert-OH is 1. The predicted molar refractivity (Wildman–Crippen MR) is 141 cm³/mol. The Morgan fingerprint density at radius 3 is 2.17 bits per heavy atom. The molecule has 1 unspecified atom stereocenters. The van der Waals surface area contributed by atoms with Gasteiger partial charge in [0.1, 0.15) is 18.5 Å². The number of aryl methyl sites for hydroxylation is 1. The van der Waals surface area contributed by atoms with E-state index >= 15 is 0 Å². The second-order valence-electron chi connectivity index (χ2n) is 9.36. The Bertz CT molecular complexity index is 1180. The number of aromatic nitrogens is 1. The third kappa shape index (κ3) is 5.70. The second kappa shape index (κ2) is 11.0. The molecule has 1 aliphatic rings. The van der Waals surface area contributed by atoms with Crippen molar-refractivity contribution in [3.8, 4) is 5.75 Å². The summed E-state index contributed by atoms with van der Waals surface area (Å²) in [6.07, 6.45) is 1.24. The second-order valence-corrected chi connectivity index (χ2v) is 9.36. The summed E-state index contributed by atoms with van der Waals surface area (Å²) in [7, 11) is 0. The average molecular weight is 468 g/mol. The molecule has 1 saturated heterocycles. The summed E-state index contributed by atoms with van der Waals surface area (Å²) in [4.78, 5) is 9.33. The number of aliphatic hydroxyl groups is 1. The van der Waals surface area contributed by atoms with Crippen molar-refractivity contribution >= 4 is 10.9 Å². The summed E-state index contributed by atoms with van der Waals surface area (Å²) >= 11 is 0. The highest BCUT2D eigenvalue weighted by Gasteiger charge is 2.27. The predicted octanol–water partition coefficient (Wildman–Crippen LogP) is 4.69. The fraction of sp³-hybridized carbons (Fsp3) is 0.300. The number of benzene rings is 3. The highest BCUT2D eigenvalue weighted by atomic mass is 16.5. The van der Waals surface area contributed by atoms with Gasteiger partial charge in [0.15, 0.2) is 0 Å². The summed E-state index contributed by atoms with van der Waals surface area (Å²) in [5, 5.41) is 11.7. The van der Waals surface area contributed by atoms with Gasteiger partial charge in [-0.25, -0.2) is 0 Å². The van der Waals surface area contributed by atoms with Crippen molar-refractivity contribution in [3.63, 3.8) is 0 Å². The van der Waals surface area contributed by atoms with Gasteiger partial charge in [-0.2, -0.15) is 0 Å². The fourth-order valence-corrected chi connectivity index (χ4v) is 5.03. The number of nitrogens with zero attached hydrogens (tertiary/aromatic N) is 3. The van der Waals surface area contributed by atoms with E-state index in [0.29, 0.717) is 6.54 Å². The number of hydrogen-bond donors (Lipinski definition) is 1. The van der Waals surface area contributed by atoms with E-state index in [2.05, 4.69) is 81.5 Å². The summed E-state index contributed by atoms with van der Waals surface area (Å²) in [6, 6.07) is 29.7. The smallest absolute Gasteiger partial charge is 0.129 e. The molecule has 0 radical (unpaired) electrons. The molecule has 1 atom stereocenters. The molecule has 35 heavy (non-hydrogen) atoms. The minimum atomic E-state index is -0.548. The molecule has 0 amide bonds. The van der Waals surface area contributed by atoms with Gasteiger partial charge in [-0.15, -0.1) is 0 Å². The van der Waals surface area contributed by atoms with E-state index in [-0.39, 0.29) is 12.6 Å². The third-order valence-electron chi connectivity index (χ3n) is 6.73. The molecule has 3 aromatic carbocycles. The van der Waals surface area contributed by atoms with Crippen LogP contribution in [0.1, 0.15) is 22.7 Å². The minimum absolute atomic E-state index is 0.246. The van der Waals surface area contributed by atoms with Gasteiger partial charge in [-0.1, -0.05) is 60.7 Å². The van der Waals surface area contributed by atoms with Crippen LogP contribution >= 0.6 is 0 Å². The minimum Gasteiger partial charge on any atom is -0.490 e. The molecule has 1 aromatic heterocycles. The maximum atomic E-state index is 10.7. The number of pyridine rings is 1. The van der Waals surface area contributed by atoms with E-state index in [4.69, 9.17) is 4.74 Å². The van der Waals surface area contributed by atoms with E-state index in [1.54, 1.807) is 6.20 Å². The lowest BCUT2D eigenvalue weighted by atomic mass is 9.96. The highest BCUT2D eigenvalue weighted by molar-refractivity contribution is 5.85. The molecule has 1 fully saturated rings.